The SMILES string of the molecule is CNC(C#N)CCOc1ccc(Cl)cc1C. The van der Waals surface area contributed by atoms with E-state index in [-0.39, 0.29) is 6.04 Å². The van der Waals surface area contributed by atoms with Gasteiger partial charge in [-0.1, -0.05) is 11.6 Å². The summed E-state index contributed by atoms with van der Waals surface area (Å²) >= 11 is 5.84. The molecule has 1 unspecified atom stereocenters. The van der Waals surface area contributed by atoms with Gasteiger partial charge in [-0.25, -0.2) is 0 Å². The molecule has 3 nitrogen and oxygen atoms in total. The first-order chi connectivity index (χ1) is 7.67. The van der Waals surface area contributed by atoms with Crippen molar-refractivity contribution in [2.45, 2.75) is 19.4 Å². The fraction of sp³-hybridized carbons (Fsp3) is 0.417. The Bertz CT molecular complexity index is 387. The van der Waals surface area contributed by atoms with Crippen molar-refractivity contribution in [1.82, 2.24) is 5.32 Å². The van der Waals surface area contributed by atoms with Crippen LogP contribution >= 0.6 is 11.6 Å². The highest BCUT2D eigenvalue weighted by molar-refractivity contribution is 6.30. The molecule has 0 saturated carbocycles. The van der Waals surface area contributed by atoms with E-state index in [2.05, 4.69) is 11.4 Å². The number of rotatable bonds is 5. The number of nitrogens with zero attached hydrogens (tertiary/aromatic N) is 1. The van der Waals surface area contributed by atoms with E-state index in [1.165, 1.54) is 0 Å². The van der Waals surface area contributed by atoms with Crippen LogP contribution in [0.4, 0.5) is 0 Å². The van der Waals surface area contributed by atoms with Crippen LogP contribution in [0.5, 0.6) is 5.75 Å². The maximum absolute atomic E-state index is 8.73. The summed E-state index contributed by atoms with van der Waals surface area (Å²) in [5.74, 6) is 0.817. The third-order valence-electron chi connectivity index (χ3n) is 2.31. The lowest BCUT2D eigenvalue weighted by Crippen LogP contribution is -2.25. The molecule has 0 spiro atoms. The molecule has 0 amide bonds. The number of nitrogens with one attached hydrogen (secondary N) is 1. The first-order valence-electron chi connectivity index (χ1n) is 5.13. The van der Waals surface area contributed by atoms with Crippen LogP contribution in [0.25, 0.3) is 0 Å². The van der Waals surface area contributed by atoms with Crippen molar-refractivity contribution in [3.05, 3.63) is 28.8 Å². The van der Waals surface area contributed by atoms with Crippen molar-refractivity contribution in [2.75, 3.05) is 13.7 Å². The van der Waals surface area contributed by atoms with Gasteiger partial charge in [0.1, 0.15) is 5.75 Å². The molecule has 0 fully saturated rings. The minimum Gasteiger partial charge on any atom is -0.493 e. The zero-order chi connectivity index (χ0) is 12.0. The quantitative estimate of drug-likeness (QED) is 0.858. The predicted molar refractivity (Wildman–Crippen MR) is 64.8 cm³/mol. The molecule has 0 aromatic heterocycles. The van der Waals surface area contributed by atoms with Crippen molar-refractivity contribution in [2.24, 2.45) is 0 Å². The number of halogens is 1. The van der Waals surface area contributed by atoms with E-state index in [4.69, 9.17) is 21.6 Å². The third-order valence-corrected chi connectivity index (χ3v) is 2.54. The third kappa shape index (κ3) is 3.73. The van der Waals surface area contributed by atoms with Crippen LogP contribution in [-0.4, -0.2) is 19.7 Å². The van der Waals surface area contributed by atoms with Gasteiger partial charge >= 0.3 is 0 Å². The molecule has 86 valence electrons. The largest absolute Gasteiger partial charge is 0.493 e. The van der Waals surface area contributed by atoms with Gasteiger partial charge in [-0.2, -0.15) is 5.26 Å². The molecule has 0 radical (unpaired) electrons. The summed E-state index contributed by atoms with van der Waals surface area (Å²) in [5.41, 5.74) is 1.01. The number of nitriles is 1. The van der Waals surface area contributed by atoms with E-state index in [1.54, 1.807) is 13.1 Å². The molecule has 0 aliphatic rings. The summed E-state index contributed by atoms with van der Waals surface area (Å²) < 4.78 is 5.58. The Balaban J connectivity index is 2.46. The van der Waals surface area contributed by atoms with Gasteiger partial charge in [0, 0.05) is 11.4 Å². The summed E-state index contributed by atoms with van der Waals surface area (Å²) in [6.45, 7) is 2.46. The van der Waals surface area contributed by atoms with Gasteiger partial charge in [-0.15, -0.1) is 0 Å². The first kappa shape index (κ1) is 12.8. The summed E-state index contributed by atoms with van der Waals surface area (Å²) in [5, 5.41) is 12.3. The smallest absolute Gasteiger partial charge is 0.122 e. The highest BCUT2D eigenvalue weighted by atomic mass is 35.5. The fourth-order valence-corrected chi connectivity index (χ4v) is 1.56. The van der Waals surface area contributed by atoms with E-state index >= 15 is 0 Å². The van der Waals surface area contributed by atoms with E-state index in [0.717, 1.165) is 11.3 Å². The summed E-state index contributed by atoms with van der Waals surface area (Å²) in [6.07, 6.45) is 0.662. The number of hydrogen-bond donors (Lipinski definition) is 1. The van der Waals surface area contributed by atoms with Crippen molar-refractivity contribution in [3.63, 3.8) is 0 Å². The van der Waals surface area contributed by atoms with Crippen LogP contribution in [0, 0.1) is 18.3 Å². The Morgan fingerprint density at radius 1 is 1.56 bits per heavy atom. The van der Waals surface area contributed by atoms with Gasteiger partial charge in [0.2, 0.25) is 0 Å². The molecule has 1 N–H and O–H groups in total. The van der Waals surface area contributed by atoms with Crippen LogP contribution in [0.1, 0.15) is 12.0 Å². The Labute approximate surface area is 101 Å². The molecular formula is C12H15ClN2O. The van der Waals surface area contributed by atoms with Gasteiger partial charge in [0.15, 0.2) is 0 Å². The van der Waals surface area contributed by atoms with Crippen molar-refractivity contribution in [3.8, 4) is 11.8 Å². The van der Waals surface area contributed by atoms with Crippen LogP contribution in [0.3, 0.4) is 0 Å². The number of aryl methyl sites for hydroxylation is 1. The lowest BCUT2D eigenvalue weighted by molar-refractivity contribution is 0.298. The van der Waals surface area contributed by atoms with Crippen LogP contribution in [0.15, 0.2) is 18.2 Å². The van der Waals surface area contributed by atoms with E-state index < -0.39 is 0 Å². The first-order valence-corrected chi connectivity index (χ1v) is 5.51. The van der Waals surface area contributed by atoms with E-state index in [0.29, 0.717) is 18.1 Å². The predicted octanol–water partition coefficient (Wildman–Crippen LogP) is 2.53. The average Bonchev–Trinajstić information content (AvgIpc) is 2.27. The van der Waals surface area contributed by atoms with Gasteiger partial charge in [0.05, 0.1) is 18.7 Å². The molecule has 0 saturated heterocycles. The summed E-state index contributed by atoms with van der Waals surface area (Å²) in [7, 11) is 1.77. The number of benzene rings is 1. The molecule has 4 heteroatoms. The molecule has 1 rings (SSSR count). The highest BCUT2D eigenvalue weighted by Crippen LogP contribution is 2.21. The van der Waals surface area contributed by atoms with Crippen LogP contribution in [0.2, 0.25) is 5.02 Å². The van der Waals surface area contributed by atoms with E-state index in [9.17, 15) is 0 Å². The molecule has 1 aromatic rings. The molecule has 0 heterocycles. The van der Waals surface area contributed by atoms with Gasteiger partial charge in [0.25, 0.3) is 0 Å². The zero-order valence-electron chi connectivity index (χ0n) is 9.46. The van der Waals surface area contributed by atoms with Gasteiger partial charge in [-0.3, -0.25) is 0 Å². The molecule has 1 aromatic carbocycles. The lowest BCUT2D eigenvalue weighted by atomic mass is 10.2. The van der Waals surface area contributed by atoms with E-state index in [1.807, 2.05) is 19.1 Å². The number of ether oxygens (including phenoxy) is 1. The second-order valence-corrected chi connectivity index (χ2v) is 3.95. The maximum Gasteiger partial charge on any atom is 0.122 e. The molecule has 1 atom stereocenters. The van der Waals surface area contributed by atoms with Crippen molar-refractivity contribution < 1.29 is 4.74 Å². The Hall–Kier alpha value is -1.24. The lowest BCUT2D eigenvalue weighted by Gasteiger charge is -2.11. The normalized spacial score (nSPS) is 11.9. The Kier molecular flexibility index (Phi) is 5.10. The highest BCUT2D eigenvalue weighted by Gasteiger charge is 2.05. The van der Waals surface area contributed by atoms with Crippen LogP contribution in [-0.2, 0) is 0 Å². The molecule has 0 bridgehead atoms. The molecular weight excluding hydrogens is 224 g/mol. The average molecular weight is 239 g/mol. The maximum atomic E-state index is 8.73. The zero-order valence-corrected chi connectivity index (χ0v) is 10.2. The summed E-state index contributed by atoms with van der Waals surface area (Å²) in [4.78, 5) is 0. The molecule has 0 aliphatic heterocycles. The van der Waals surface area contributed by atoms with Crippen molar-refractivity contribution >= 4 is 11.6 Å². The van der Waals surface area contributed by atoms with Crippen LogP contribution < -0.4 is 10.1 Å². The standard InChI is InChI=1S/C12H15ClN2O/c1-9-7-10(13)3-4-12(9)16-6-5-11(8-14)15-2/h3-4,7,11,15H,5-6H2,1-2H3. The monoisotopic (exact) mass is 238 g/mol. The fourth-order valence-electron chi connectivity index (χ4n) is 1.33. The topological polar surface area (TPSA) is 45.0 Å². The second-order valence-electron chi connectivity index (χ2n) is 3.52. The number of hydrogen-bond acceptors (Lipinski definition) is 3. The van der Waals surface area contributed by atoms with Gasteiger partial charge in [-0.05, 0) is 37.7 Å². The molecule has 0 aliphatic carbocycles. The second kappa shape index (κ2) is 6.37. The Morgan fingerprint density at radius 2 is 2.31 bits per heavy atom. The minimum atomic E-state index is -0.160. The minimum absolute atomic E-state index is 0.160. The van der Waals surface area contributed by atoms with Crippen molar-refractivity contribution in [1.29, 1.82) is 5.26 Å². The Morgan fingerprint density at radius 3 is 2.88 bits per heavy atom. The molecule has 16 heavy (non-hydrogen) atoms. The summed E-state index contributed by atoms with van der Waals surface area (Å²) in [6, 6.07) is 7.49. The van der Waals surface area contributed by atoms with Gasteiger partial charge < -0.3 is 10.1 Å².